The molecule has 5 heteroatoms. The van der Waals surface area contributed by atoms with Gasteiger partial charge < -0.3 is 5.32 Å². The lowest BCUT2D eigenvalue weighted by Crippen LogP contribution is -2.18. The minimum Gasteiger partial charge on any atom is -0.316 e. The third kappa shape index (κ3) is 5.51. The zero-order chi connectivity index (χ0) is 13.6. The Morgan fingerprint density at radius 1 is 1.28 bits per heavy atom. The molecule has 102 valence electrons. The third-order valence-electron chi connectivity index (χ3n) is 2.55. The standard InChI is InChI=1S/C13H22N2O2S/c1-11(2)7-8-18(16,17)15-13-6-4-5-12(9-13)10-14-3/h4-6,9,11,14-15H,7-8,10H2,1-3H3. The molecule has 1 rings (SSSR count). The van der Waals surface area contributed by atoms with Crippen LogP contribution in [0.3, 0.4) is 0 Å². The second-order valence-electron chi connectivity index (χ2n) is 4.83. The summed E-state index contributed by atoms with van der Waals surface area (Å²) in [7, 11) is -1.37. The highest BCUT2D eigenvalue weighted by molar-refractivity contribution is 7.92. The summed E-state index contributed by atoms with van der Waals surface area (Å²) in [5, 5.41) is 3.04. The maximum atomic E-state index is 11.8. The van der Waals surface area contributed by atoms with Gasteiger partial charge >= 0.3 is 0 Å². The van der Waals surface area contributed by atoms with Crippen molar-refractivity contribution in [2.45, 2.75) is 26.8 Å². The maximum absolute atomic E-state index is 11.8. The SMILES string of the molecule is CNCc1cccc(NS(=O)(=O)CCC(C)C)c1. The molecular weight excluding hydrogens is 248 g/mol. The molecule has 1 aromatic rings. The number of hydrogen-bond donors (Lipinski definition) is 2. The largest absolute Gasteiger partial charge is 0.316 e. The van der Waals surface area contributed by atoms with E-state index in [-0.39, 0.29) is 5.75 Å². The van der Waals surface area contributed by atoms with Gasteiger partial charge in [-0.05, 0) is 37.1 Å². The lowest BCUT2D eigenvalue weighted by Gasteiger charge is -2.10. The van der Waals surface area contributed by atoms with Crippen LogP contribution in [-0.2, 0) is 16.6 Å². The fourth-order valence-corrected chi connectivity index (χ4v) is 2.94. The Hall–Kier alpha value is -1.07. The predicted octanol–water partition coefficient (Wildman–Crippen LogP) is 2.19. The van der Waals surface area contributed by atoms with E-state index in [4.69, 9.17) is 0 Å². The lowest BCUT2D eigenvalue weighted by molar-refractivity contribution is 0.578. The van der Waals surface area contributed by atoms with E-state index in [0.29, 0.717) is 18.0 Å². The Kier molecular flexibility index (Phi) is 5.62. The Balaban J connectivity index is 2.68. The molecular formula is C13H22N2O2S. The molecule has 0 saturated carbocycles. The van der Waals surface area contributed by atoms with Gasteiger partial charge in [-0.2, -0.15) is 0 Å². The van der Waals surface area contributed by atoms with Crippen LogP contribution in [0.4, 0.5) is 5.69 Å². The van der Waals surface area contributed by atoms with Crippen LogP contribution in [-0.4, -0.2) is 21.2 Å². The maximum Gasteiger partial charge on any atom is 0.232 e. The van der Waals surface area contributed by atoms with Gasteiger partial charge in [-0.25, -0.2) is 8.42 Å². The van der Waals surface area contributed by atoms with Crippen LogP contribution in [0.5, 0.6) is 0 Å². The number of benzene rings is 1. The average Bonchev–Trinajstić information content (AvgIpc) is 2.27. The minimum atomic E-state index is -3.23. The van der Waals surface area contributed by atoms with Gasteiger partial charge in [0, 0.05) is 12.2 Å². The van der Waals surface area contributed by atoms with E-state index in [1.807, 2.05) is 39.1 Å². The summed E-state index contributed by atoms with van der Waals surface area (Å²) in [6, 6.07) is 7.44. The van der Waals surface area contributed by atoms with Crippen molar-refractivity contribution in [3.63, 3.8) is 0 Å². The summed E-state index contributed by atoms with van der Waals surface area (Å²) < 4.78 is 26.3. The summed E-state index contributed by atoms with van der Waals surface area (Å²) >= 11 is 0. The van der Waals surface area contributed by atoms with Gasteiger partial charge in [0.15, 0.2) is 0 Å². The van der Waals surface area contributed by atoms with Crippen molar-refractivity contribution in [3.05, 3.63) is 29.8 Å². The van der Waals surface area contributed by atoms with Crippen LogP contribution in [0.1, 0.15) is 25.8 Å². The average molecular weight is 270 g/mol. The highest BCUT2D eigenvalue weighted by Crippen LogP contribution is 2.13. The fourth-order valence-electron chi connectivity index (χ4n) is 1.57. The first-order chi connectivity index (χ1) is 8.43. The van der Waals surface area contributed by atoms with Crippen molar-refractivity contribution >= 4 is 15.7 Å². The first kappa shape index (κ1) is 15.0. The molecule has 0 bridgehead atoms. The summed E-state index contributed by atoms with van der Waals surface area (Å²) in [6.45, 7) is 4.76. The molecule has 0 radical (unpaired) electrons. The molecule has 0 aliphatic carbocycles. The molecule has 0 unspecified atom stereocenters. The lowest BCUT2D eigenvalue weighted by atomic mass is 10.2. The van der Waals surface area contributed by atoms with Crippen LogP contribution in [0.15, 0.2) is 24.3 Å². The zero-order valence-electron chi connectivity index (χ0n) is 11.2. The predicted molar refractivity (Wildman–Crippen MR) is 76.1 cm³/mol. The van der Waals surface area contributed by atoms with Crippen molar-refractivity contribution < 1.29 is 8.42 Å². The summed E-state index contributed by atoms with van der Waals surface area (Å²) in [5.74, 6) is 0.554. The van der Waals surface area contributed by atoms with Gasteiger partial charge in [-0.1, -0.05) is 26.0 Å². The van der Waals surface area contributed by atoms with Crippen LogP contribution in [0.25, 0.3) is 0 Å². The second-order valence-corrected chi connectivity index (χ2v) is 6.68. The molecule has 0 heterocycles. The molecule has 4 nitrogen and oxygen atoms in total. The van der Waals surface area contributed by atoms with Gasteiger partial charge in [0.2, 0.25) is 10.0 Å². The van der Waals surface area contributed by atoms with Crippen molar-refractivity contribution in [2.24, 2.45) is 5.92 Å². The summed E-state index contributed by atoms with van der Waals surface area (Å²) in [6.07, 6.45) is 0.672. The normalized spacial score (nSPS) is 11.8. The van der Waals surface area contributed by atoms with Crippen LogP contribution < -0.4 is 10.0 Å². The number of nitrogens with one attached hydrogen (secondary N) is 2. The number of anilines is 1. The Labute approximate surface area is 110 Å². The Bertz CT molecular complexity index is 470. The number of sulfonamides is 1. The van der Waals surface area contributed by atoms with Gasteiger partial charge in [0.25, 0.3) is 0 Å². The first-order valence-corrected chi connectivity index (χ1v) is 7.82. The van der Waals surface area contributed by atoms with E-state index in [0.717, 1.165) is 12.1 Å². The quantitative estimate of drug-likeness (QED) is 0.798. The minimum absolute atomic E-state index is 0.168. The van der Waals surface area contributed by atoms with Gasteiger partial charge in [0.1, 0.15) is 0 Å². The van der Waals surface area contributed by atoms with Gasteiger partial charge in [0.05, 0.1) is 5.75 Å². The fraction of sp³-hybridized carbons (Fsp3) is 0.538. The summed E-state index contributed by atoms with van der Waals surface area (Å²) in [5.41, 5.74) is 1.69. The van der Waals surface area contributed by atoms with Crippen molar-refractivity contribution in [3.8, 4) is 0 Å². The third-order valence-corrected chi connectivity index (χ3v) is 3.87. The topological polar surface area (TPSA) is 58.2 Å². The Morgan fingerprint density at radius 3 is 2.61 bits per heavy atom. The monoisotopic (exact) mass is 270 g/mol. The van der Waals surface area contributed by atoms with Crippen LogP contribution >= 0.6 is 0 Å². The van der Waals surface area contributed by atoms with Crippen LogP contribution in [0.2, 0.25) is 0 Å². The molecule has 1 aromatic carbocycles. The van der Waals surface area contributed by atoms with Crippen molar-refractivity contribution in [1.29, 1.82) is 0 Å². The molecule has 18 heavy (non-hydrogen) atoms. The van der Waals surface area contributed by atoms with Gasteiger partial charge in [-0.3, -0.25) is 4.72 Å². The molecule has 0 amide bonds. The van der Waals surface area contributed by atoms with E-state index in [2.05, 4.69) is 10.0 Å². The number of hydrogen-bond acceptors (Lipinski definition) is 3. The first-order valence-electron chi connectivity index (χ1n) is 6.17. The van der Waals surface area contributed by atoms with E-state index in [9.17, 15) is 8.42 Å². The smallest absolute Gasteiger partial charge is 0.232 e. The molecule has 0 atom stereocenters. The Morgan fingerprint density at radius 2 is 2.00 bits per heavy atom. The highest BCUT2D eigenvalue weighted by atomic mass is 32.2. The van der Waals surface area contributed by atoms with E-state index >= 15 is 0 Å². The molecule has 0 saturated heterocycles. The van der Waals surface area contributed by atoms with E-state index in [1.54, 1.807) is 6.07 Å². The van der Waals surface area contributed by atoms with Gasteiger partial charge in [-0.15, -0.1) is 0 Å². The molecule has 0 aromatic heterocycles. The van der Waals surface area contributed by atoms with Crippen molar-refractivity contribution in [2.75, 3.05) is 17.5 Å². The molecule has 2 N–H and O–H groups in total. The van der Waals surface area contributed by atoms with Crippen LogP contribution in [0, 0.1) is 5.92 Å². The molecule has 0 spiro atoms. The van der Waals surface area contributed by atoms with Crippen molar-refractivity contribution in [1.82, 2.24) is 5.32 Å². The highest BCUT2D eigenvalue weighted by Gasteiger charge is 2.11. The zero-order valence-corrected chi connectivity index (χ0v) is 12.0. The molecule has 0 aliphatic heterocycles. The van der Waals surface area contributed by atoms with E-state index < -0.39 is 10.0 Å². The summed E-state index contributed by atoms with van der Waals surface area (Å²) in [4.78, 5) is 0. The number of rotatable bonds is 7. The second kappa shape index (κ2) is 6.75. The molecule has 0 aliphatic rings. The van der Waals surface area contributed by atoms with E-state index in [1.165, 1.54) is 0 Å². The molecule has 0 fully saturated rings.